The zero-order valence-electron chi connectivity index (χ0n) is 15.8. The van der Waals surface area contributed by atoms with Crippen LogP contribution < -0.4 is 10.9 Å². The van der Waals surface area contributed by atoms with Gasteiger partial charge in [0.25, 0.3) is 5.56 Å². The molecule has 5 nitrogen and oxygen atoms in total. The Morgan fingerprint density at radius 1 is 1.15 bits per heavy atom. The van der Waals surface area contributed by atoms with Gasteiger partial charge in [-0.3, -0.25) is 14.2 Å². The molecule has 0 aliphatic carbocycles. The quantitative estimate of drug-likeness (QED) is 0.701. The van der Waals surface area contributed by atoms with Gasteiger partial charge in [-0.25, -0.2) is 4.98 Å². The van der Waals surface area contributed by atoms with Crippen molar-refractivity contribution in [3.05, 3.63) is 76.3 Å². The first-order valence-electron chi connectivity index (χ1n) is 9.32. The summed E-state index contributed by atoms with van der Waals surface area (Å²) in [5, 5.41) is 3.60. The molecule has 1 amide bonds. The Bertz CT molecular complexity index is 980. The van der Waals surface area contributed by atoms with Crippen LogP contribution in [0.15, 0.2) is 59.7 Å². The molecule has 1 unspecified atom stereocenters. The molecule has 1 N–H and O–H groups in total. The van der Waals surface area contributed by atoms with Gasteiger partial charge in [0.15, 0.2) is 0 Å². The molecule has 0 radical (unpaired) electrons. The fourth-order valence-corrected chi connectivity index (χ4v) is 3.17. The number of carbonyl (C=O) groups excluding carboxylic acids is 1. The molecule has 1 heterocycles. The number of fused-ring (bicyclic) bond motifs is 1. The number of amides is 1. The van der Waals surface area contributed by atoms with Crippen molar-refractivity contribution in [2.75, 3.05) is 0 Å². The lowest BCUT2D eigenvalue weighted by Gasteiger charge is -2.14. The molecular formula is C22H25N3O2. The lowest BCUT2D eigenvalue weighted by molar-refractivity contribution is -0.121. The van der Waals surface area contributed by atoms with E-state index < -0.39 is 0 Å². The summed E-state index contributed by atoms with van der Waals surface area (Å²) in [7, 11) is 0. The molecule has 0 bridgehead atoms. The third-order valence-corrected chi connectivity index (χ3v) is 4.75. The molecule has 0 aliphatic rings. The second-order valence-electron chi connectivity index (χ2n) is 6.96. The van der Waals surface area contributed by atoms with Gasteiger partial charge in [0.05, 0.1) is 17.2 Å². The molecule has 1 aromatic heterocycles. The minimum absolute atomic E-state index is 0.0493. The second kappa shape index (κ2) is 8.62. The molecule has 3 rings (SSSR count). The zero-order chi connectivity index (χ0) is 19.2. The zero-order valence-corrected chi connectivity index (χ0v) is 15.8. The van der Waals surface area contributed by atoms with Crippen molar-refractivity contribution >= 4 is 16.8 Å². The lowest BCUT2D eigenvalue weighted by Crippen LogP contribution is -2.34. The lowest BCUT2D eigenvalue weighted by atomic mass is 10.1. The number of aromatic nitrogens is 2. The second-order valence-corrected chi connectivity index (χ2v) is 6.96. The Hall–Kier alpha value is -2.95. The smallest absolute Gasteiger partial charge is 0.261 e. The minimum Gasteiger partial charge on any atom is -0.354 e. The molecule has 0 saturated carbocycles. The van der Waals surface area contributed by atoms with E-state index in [0.717, 1.165) is 23.9 Å². The maximum absolute atomic E-state index is 12.6. The summed E-state index contributed by atoms with van der Waals surface area (Å²) >= 11 is 0. The number of nitrogens with zero attached hydrogens (tertiary/aromatic N) is 2. The molecule has 27 heavy (non-hydrogen) atoms. The standard InChI is InChI=1S/C22H25N3O2/c1-16-7-6-10-19-21(16)23-15-25(22(19)27)14-13-20(26)24-17(2)11-12-18-8-4-3-5-9-18/h3-10,15,17H,11-14H2,1-2H3,(H,24,26). The van der Waals surface area contributed by atoms with Crippen molar-refractivity contribution in [2.24, 2.45) is 0 Å². The van der Waals surface area contributed by atoms with Crippen LogP contribution in [0, 0.1) is 6.92 Å². The van der Waals surface area contributed by atoms with Crippen LogP contribution in [-0.4, -0.2) is 21.5 Å². The molecule has 3 aromatic rings. The fraction of sp³-hybridized carbons (Fsp3) is 0.318. The molecule has 5 heteroatoms. The van der Waals surface area contributed by atoms with E-state index in [2.05, 4.69) is 22.4 Å². The average Bonchev–Trinajstić information content (AvgIpc) is 2.67. The van der Waals surface area contributed by atoms with E-state index in [-0.39, 0.29) is 23.9 Å². The maximum Gasteiger partial charge on any atom is 0.261 e. The van der Waals surface area contributed by atoms with Gasteiger partial charge >= 0.3 is 0 Å². The van der Waals surface area contributed by atoms with Gasteiger partial charge in [0, 0.05) is 19.0 Å². The third-order valence-electron chi connectivity index (χ3n) is 4.75. The van der Waals surface area contributed by atoms with E-state index in [9.17, 15) is 9.59 Å². The van der Waals surface area contributed by atoms with Crippen LogP contribution in [0.5, 0.6) is 0 Å². The van der Waals surface area contributed by atoms with Gasteiger partial charge in [-0.05, 0) is 43.9 Å². The molecular weight excluding hydrogens is 338 g/mol. The third kappa shape index (κ3) is 4.82. The van der Waals surface area contributed by atoms with E-state index >= 15 is 0 Å². The molecule has 140 valence electrons. The molecule has 0 fully saturated rings. The van der Waals surface area contributed by atoms with E-state index in [4.69, 9.17) is 0 Å². The summed E-state index contributed by atoms with van der Waals surface area (Å²) < 4.78 is 1.51. The van der Waals surface area contributed by atoms with Gasteiger partial charge in [-0.15, -0.1) is 0 Å². The Labute approximate surface area is 159 Å². The summed E-state index contributed by atoms with van der Waals surface area (Å²) in [6.45, 7) is 4.27. The van der Waals surface area contributed by atoms with Crippen LogP contribution in [0.1, 0.15) is 30.9 Å². The molecule has 0 spiro atoms. The number of aryl methyl sites for hydroxylation is 3. The summed E-state index contributed by atoms with van der Waals surface area (Å²) in [4.78, 5) is 29.2. The Morgan fingerprint density at radius 2 is 1.93 bits per heavy atom. The van der Waals surface area contributed by atoms with Gasteiger partial charge in [-0.1, -0.05) is 42.5 Å². The summed E-state index contributed by atoms with van der Waals surface area (Å²) in [5.41, 5.74) is 2.86. The van der Waals surface area contributed by atoms with Crippen LogP contribution >= 0.6 is 0 Å². The van der Waals surface area contributed by atoms with E-state index in [0.29, 0.717) is 11.9 Å². The number of hydrogen-bond acceptors (Lipinski definition) is 3. The van der Waals surface area contributed by atoms with Crippen molar-refractivity contribution in [1.82, 2.24) is 14.9 Å². The van der Waals surface area contributed by atoms with Crippen LogP contribution in [0.3, 0.4) is 0 Å². The van der Waals surface area contributed by atoms with Crippen molar-refractivity contribution in [3.8, 4) is 0 Å². The van der Waals surface area contributed by atoms with Gasteiger partial charge in [0.2, 0.25) is 5.91 Å². The Balaban J connectivity index is 1.54. The molecule has 0 saturated heterocycles. The molecule has 1 atom stereocenters. The normalized spacial score (nSPS) is 12.1. The van der Waals surface area contributed by atoms with Gasteiger partial charge in [0.1, 0.15) is 0 Å². The van der Waals surface area contributed by atoms with E-state index in [1.165, 1.54) is 16.5 Å². The SMILES string of the molecule is Cc1cccc2c(=O)n(CCC(=O)NC(C)CCc3ccccc3)cnc12. The predicted molar refractivity (Wildman–Crippen MR) is 108 cm³/mol. The number of carbonyl (C=O) groups is 1. The molecule has 0 aliphatic heterocycles. The number of hydrogen-bond donors (Lipinski definition) is 1. The van der Waals surface area contributed by atoms with Gasteiger partial charge < -0.3 is 5.32 Å². The number of benzene rings is 2. The van der Waals surface area contributed by atoms with Crippen molar-refractivity contribution in [3.63, 3.8) is 0 Å². The summed E-state index contributed by atoms with van der Waals surface area (Å²) in [6.07, 6.45) is 3.60. The fourth-order valence-electron chi connectivity index (χ4n) is 3.17. The number of para-hydroxylation sites is 1. The highest BCUT2D eigenvalue weighted by molar-refractivity contribution is 5.80. The summed E-state index contributed by atoms with van der Waals surface area (Å²) in [6, 6.07) is 15.9. The topological polar surface area (TPSA) is 64.0 Å². The van der Waals surface area contributed by atoms with E-state index in [1.807, 2.05) is 44.2 Å². The van der Waals surface area contributed by atoms with Crippen molar-refractivity contribution in [1.29, 1.82) is 0 Å². The largest absolute Gasteiger partial charge is 0.354 e. The van der Waals surface area contributed by atoms with Crippen LogP contribution in [0.2, 0.25) is 0 Å². The summed E-state index contributed by atoms with van der Waals surface area (Å²) in [5.74, 6) is -0.0493. The molecule has 2 aromatic carbocycles. The highest BCUT2D eigenvalue weighted by atomic mass is 16.2. The van der Waals surface area contributed by atoms with Gasteiger partial charge in [-0.2, -0.15) is 0 Å². The number of rotatable bonds is 7. The highest BCUT2D eigenvalue weighted by Crippen LogP contribution is 2.11. The Morgan fingerprint density at radius 3 is 2.70 bits per heavy atom. The highest BCUT2D eigenvalue weighted by Gasteiger charge is 2.10. The van der Waals surface area contributed by atoms with Crippen LogP contribution in [0.25, 0.3) is 10.9 Å². The predicted octanol–water partition coefficient (Wildman–Crippen LogP) is 3.23. The minimum atomic E-state index is -0.103. The van der Waals surface area contributed by atoms with E-state index in [1.54, 1.807) is 6.07 Å². The van der Waals surface area contributed by atoms with Crippen LogP contribution in [-0.2, 0) is 17.8 Å². The average molecular weight is 363 g/mol. The number of nitrogens with one attached hydrogen (secondary N) is 1. The first-order chi connectivity index (χ1) is 13.0. The van der Waals surface area contributed by atoms with Crippen LogP contribution in [0.4, 0.5) is 0 Å². The monoisotopic (exact) mass is 363 g/mol. The van der Waals surface area contributed by atoms with Crippen molar-refractivity contribution in [2.45, 2.75) is 45.7 Å². The maximum atomic E-state index is 12.6. The van der Waals surface area contributed by atoms with Crippen molar-refractivity contribution < 1.29 is 4.79 Å². The first kappa shape index (κ1) is 18.8. The Kier molecular flexibility index (Phi) is 6.01. The first-order valence-corrected chi connectivity index (χ1v) is 9.32.